The van der Waals surface area contributed by atoms with Crippen LogP contribution in [-0.2, 0) is 17.8 Å². The molecule has 0 saturated heterocycles. The summed E-state index contributed by atoms with van der Waals surface area (Å²) in [5.41, 5.74) is 2.87. The van der Waals surface area contributed by atoms with E-state index >= 15 is 0 Å². The van der Waals surface area contributed by atoms with Gasteiger partial charge in [-0.05, 0) is 30.2 Å². The van der Waals surface area contributed by atoms with Gasteiger partial charge in [-0.2, -0.15) is 0 Å². The van der Waals surface area contributed by atoms with Crippen molar-refractivity contribution < 1.29 is 9.53 Å². The first kappa shape index (κ1) is 20.7. The Labute approximate surface area is 175 Å². The number of carbonyl (C=O) groups is 1. The topological polar surface area (TPSA) is 69.0 Å². The van der Waals surface area contributed by atoms with Crippen LogP contribution in [0.3, 0.4) is 0 Å². The van der Waals surface area contributed by atoms with Crippen molar-refractivity contribution in [1.29, 1.82) is 0 Å². The predicted molar refractivity (Wildman–Crippen MR) is 117 cm³/mol. The number of nitrogens with one attached hydrogen (secondary N) is 1. The molecular weight excluding hydrogens is 384 g/mol. The molecule has 0 unspecified atom stereocenters. The molecule has 6 nitrogen and oxygen atoms in total. The number of thioether (sulfide) groups is 1. The number of benzene rings is 2. The molecule has 0 saturated carbocycles. The van der Waals surface area contributed by atoms with Crippen LogP contribution in [0.4, 0.5) is 5.69 Å². The molecule has 1 amide bonds. The molecule has 0 spiro atoms. The molecule has 29 heavy (non-hydrogen) atoms. The summed E-state index contributed by atoms with van der Waals surface area (Å²) in [4.78, 5) is 12.5. The molecule has 0 atom stereocenters. The number of hydrogen-bond donors (Lipinski definition) is 1. The van der Waals surface area contributed by atoms with Crippen molar-refractivity contribution in [2.24, 2.45) is 0 Å². The average molecular weight is 409 g/mol. The summed E-state index contributed by atoms with van der Waals surface area (Å²) in [5.74, 6) is 1.57. The largest absolute Gasteiger partial charge is 0.495 e. The molecule has 150 valence electrons. The molecule has 3 aromatic rings. The lowest BCUT2D eigenvalue weighted by atomic mass is 10.1. The van der Waals surface area contributed by atoms with Crippen molar-refractivity contribution >= 4 is 23.4 Å². The summed E-state index contributed by atoms with van der Waals surface area (Å²) >= 11 is 1.35. The molecule has 0 aliphatic carbocycles. The summed E-state index contributed by atoms with van der Waals surface area (Å²) in [6, 6.07) is 15.8. The molecule has 1 heterocycles. The van der Waals surface area contributed by atoms with Crippen LogP contribution in [0.15, 0.2) is 66.3 Å². The highest BCUT2D eigenvalue weighted by atomic mass is 32.2. The lowest BCUT2D eigenvalue weighted by Crippen LogP contribution is -2.15. The monoisotopic (exact) mass is 408 g/mol. The van der Waals surface area contributed by atoms with E-state index < -0.39 is 0 Å². The molecule has 0 bridgehead atoms. The van der Waals surface area contributed by atoms with Crippen LogP contribution in [-0.4, -0.2) is 33.5 Å². The van der Waals surface area contributed by atoms with Crippen molar-refractivity contribution in [1.82, 2.24) is 14.8 Å². The third-order valence-corrected chi connectivity index (χ3v) is 5.24. The number of carbonyl (C=O) groups excluding carboxylic acids is 1. The van der Waals surface area contributed by atoms with E-state index in [4.69, 9.17) is 4.74 Å². The van der Waals surface area contributed by atoms with Gasteiger partial charge in [-0.15, -0.1) is 16.8 Å². The molecule has 2 aromatic carbocycles. The Morgan fingerprint density at radius 2 is 2.03 bits per heavy atom. The Kier molecular flexibility index (Phi) is 7.08. The second-order valence-electron chi connectivity index (χ2n) is 6.50. The van der Waals surface area contributed by atoms with E-state index in [1.165, 1.54) is 11.8 Å². The highest BCUT2D eigenvalue weighted by molar-refractivity contribution is 7.99. The number of anilines is 1. The number of hydrogen-bond acceptors (Lipinski definition) is 5. The Morgan fingerprint density at radius 1 is 1.24 bits per heavy atom. The first-order chi connectivity index (χ1) is 14.1. The SMILES string of the molecule is C=CCn1c(Cc2ccccc2)nnc1SCC(=O)Nc1cc(C)ccc1OC. The van der Waals surface area contributed by atoms with Crippen molar-refractivity contribution in [2.75, 3.05) is 18.2 Å². The summed E-state index contributed by atoms with van der Waals surface area (Å²) in [5, 5.41) is 12.2. The van der Waals surface area contributed by atoms with Gasteiger partial charge in [-0.25, -0.2) is 0 Å². The lowest BCUT2D eigenvalue weighted by Gasteiger charge is -2.11. The van der Waals surface area contributed by atoms with Crippen molar-refractivity contribution in [3.63, 3.8) is 0 Å². The lowest BCUT2D eigenvalue weighted by molar-refractivity contribution is -0.113. The van der Waals surface area contributed by atoms with Crippen molar-refractivity contribution in [3.8, 4) is 5.75 Å². The molecule has 7 heteroatoms. The zero-order chi connectivity index (χ0) is 20.6. The van der Waals surface area contributed by atoms with Crippen molar-refractivity contribution in [3.05, 3.63) is 78.1 Å². The normalized spacial score (nSPS) is 10.6. The van der Waals surface area contributed by atoms with Gasteiger partial charge < -0.3 is 14.6 Å². The van der Waals surface area contributed by atoms with E-state index in [1.807, 2.05) is 47.9 Å². The minimum absolute atomic E-state index is 0.128. The Morgan fingerprint density at radius 3 is 2.76 bits per heavy atom. The fourth-order valence-corrected chi connectivity index (χ4v) is 3.65. The Hall–Kier alpha value is -3.06. The van der Waals surface area contributed by atoms with Crippen molar-refractivity contribution in [2.45, 2.75) is 25.0 Å². The molecule has 1 N–H and O–H groups in total. The Balaban J connectivity index is 1.68. The van der Waals surface area contributed by atoms with Crippen LogP contribution < -0.4 is 10.1 Å². The van der Waals surface area contributed by atoms with Gasteiger partial charge in [0.25, 0.3) is 0 Å². The third-order valence-electron chi connectivity index (χ3n) is 4.27. The number of methoxy groups -OCH3 is 1. The zero-order valence-electron chi connectivity index (χ0n) is 16.6. The summed E-state index contributed by atoms with van der Waals surface area (Å²) in [7, 11) is 1.58. The molecule has 0 aliphatic heterocycles. The number of rotatable bonds is 9. The third kappa shape index (κ3) is 5.48. The van der Waals surface area contributed by atoms with Gasteiger partial charge in [0.2, 0.25) is 5.91 Å². The van der Waals surface area contributed by atoms with Crippen LogP contribution in [0.1, 0.15) is 17.0 Å². The van der Waals surface area contributed by atoms with Crippen LogP contribution in [0.2, 0.25) is 0 Å². The fraction of sp³-hybridized carbons (Fsp3) is 0.227. The van der Waals surface area contributed by atoms with Gasteiger partial charge in [-0.3, -0.25) is 4.79 Å². The number of aromatic nitrogens is 3. The predicted octanol–water partition coefficient (Wildman–Crippen LogP) is 4.10. The van der Waals surface area contributed by atoms with E-state index in [0.717, 1.165) is 17.0 Å². The summed E-state index contributed by atoms with van der Waals surface area (Å²) in [6.07, 6.45) is 2.48. The first-order valence-corrected chi connectivity index (χ1v) is 10.2. The Bertz CT molecular complexity index is 986. The minimum Gasteiger partial charge on any atom is -0.495 e. The number of nitrogens with zero attached hydrogens (tertiary/aromatic N) is 3. The molecular formula is C22H24N4O2S. The maximum Gasteiger partial charge on any atom is 0.234 e. The molecule has 0 aliphatic rings. The quantitative estimate of drug-likeness (QED) is 0.426. The average Bonchev–Trinajstić information content (AvgIpc) is 3.09. The molecule has 1 aromatic heterocycles. The second-order valence-corrected chi connectivity index (χ2v) is 7.44. The van der Waals surface area contributed by atoms with Crippen LogP contribution in [0, 0.1) is 6.92 Å². The number of ether oxygens (including phenoxy) is 1. The van der Waals surface area contributed by atoms with Crippen LogP contribution >= 0.6 is 11.8 Å². The summed E-state index contributed by atoms with van der Waals surface area (Å²) < 4.78 is 7.31. The van der Waals surface area contributed by atoms with Gasteiger partial charge >= 0.3 is 0 Å². The number of aryl methyl sites for hydroxylation is 1. The van der Waals surface area contributed by atoms with Gasteiger partial charge in [0, 0.05) is 13.0 Å². The van der Waals surface area contributed by atoms with Gasteiger partial charge in [0.05, 0.1) is 18.6 Å². The highest BCUT2D eigenvalue weighted by Crippen LogP contribution is 2.26. The van der Waals surface area contributed by atoms with E-state index in [2.05, 4.69) is 34.2 Å². The maximum absolute atomic E-state index is 12.5. The fourth-order valence-electron chi connectivity index (χ4n) is 2.88. The number of amides is 1. The smallest absolute Gasteiger partial charge is 0.234 e. The first-order valence-electron chi connectivity index (χ1n) is 9.25. The maximum atomic E-state index is 12.5. The minimum atomic E-state index is -0.128. The van der Waals surface area contributed by atoms with Gasteiger partial charge in [-0.1, -0.05) is 54.2 Å². The van der Waals surface area contributed by atoms with E-state index in [9.17, 15) is 4.79 Å². The van der Waals surface area contributed by atoms with E-state index in [0.29, 0.717) is 29.6 Å². The zero-order valence-corrected chi connectivity index (χ0v) is 17.4. The number of allylic oxidation sites excluding steroid dienone is 1. The van der Waals surface area contributed by atoms with Gasteiger partial charge in [0.15, 0.2) is 5.16 Å². The molecule has 3 rings (SSSR count). The standard InChI is InChI=1S/C22H24N4O2S/c1-4-12-26-20(14-17-8-6-5-7-9-17)24-25-22(26)29-15-21(27)23-18-13-16(2)10-11-19(18)28-3/h4-11,13H,1,12,14-15H2,2-3H3,(H,23,27). The summed E-state index contributed by atoms with van der Waals surface area (Å²) in [6.45, 7) is 6.38. The van der Waals surface area contributed by atoms with E-state index in [1.54, 1.807) is 13.2 Å². The molecule has 0 radical (unpaired) electrons. The molecule has 0 fully saturated rings. The van der Waals surface area contributed by atoms with Gasteiger partial charge in [0.1, 0.15) is 11.6 Å². The van der Waals surface area contributed by atoms with Crippen LogP contribution in [0.5, 0.6) is 5.75 Å². The van der Waals surface area contributed by atoms with E-state index in [-0.39, 0.29) is 11.7 Å². The second kappa shape index (κ2) is 9.93. The van der Waals surface area contributed by atoms with Crippen LogP contribution in [0.25, 0.3) is 0 Å². The highest BCUT2D eigenvalue weighted by Gasteiger charge is 2.15.